The van der Waals surface area contributed by atoms with E-state index in [9.17, 15) is 4.39 Å². The highest BCUT2D eigenvalue weighted by molar-refractivity contribution is 5.29. The van der Waals surface area contributed by atoms with Crippen molar-refractivity contribution >= 4 is 0 Å². The first-order valence-electron chi connectivity index (χ1n) is 6.76. The quantitative estimate of drug-likeness (QED) is 0.882. The molecule has 0 radical (unpaired) electrons. The third kappa shape index (κ3) is 4.59. The molecule has 0 unspecified atom stereocenters. The summed E-state index contributed by atoms with van der Waals surface area (Å²) in [5.41, 5.74) is 1.96. The van der Waals surface area contributed by atoms with Gasteiger partial charge in [-0.15, -0.1) is 0 Å². The minimum absolute atomic E-state index is 0.0383. The average molecular weight is 284 g/mol. The zero-order valence-corrected chi connectivity index (χ0v) is 11.8. The first-order valence-corrected chi connectivity index (χ1v) is 6.76. The molecule has 0 heterocycles. The molecule has 0 aliphatic heterocycles. The van der Waals surface area contributed by atoms with Crippen molar-refractivity contribution in [2.24, 2.45) is 0 Å². The van der Waals surface area contributed by atoms with Crippen molar-refractivity contribution in [3.8, 4) is 11.8 Å². The third-order valence-electron chi connectivity index (χ3n) is 3.16. The minimum atomic E-state index is -0.229. The maximum absolute atomic E-state index is 13.2. The zero-order chi connectivity index (χ0) is 15.1. The van der Waals surface area contributed by atoms with Crippen LogP contribution in [-0.4, -0.2) is 6.61 Å². The van der Waals surface area contributed by atoms with E-state index in [1.807, 2.05) is 43.3 Å². The molecule has 0 aromatic heterocycles. The molecule has 0 bridgehead atoms. The van der Waals surface area contributed by atoms with Crippen LogP contribution in [0.25, 0.3) is 0 Å². The normalized spacial score (nSPS) is 11.7. The lowest BCUT2D eigenvalue weighted by Crippen LogP contribution is -2.18. The van der Waals surface area contributed by atoms with Crippen molar-refractivity contribution in [1.82, 2.24) is 5.32 Å². The molecule has 0 aliphatic carbocycles. The summed E-state index contributed by atoms with van der Waals surface area (Å²) in [5.74, 6) is 0.447. The summed E-state index contributed by atoms with van der Waals surface area (Å²) in [6.45, 7) is 2.67. The van der Waals surface area contributed by atoms with E-state index in [1.54, 1.807) is 6.07 Å². The molecule has 21 heavy (non-hydrogen) atoms. The van der Waals surface area contributed by atoms with Gasteiger partial charge in [0.25, 0.3) is 0 Å². The van der Waals surface area contributed by atoms with Gasteiger partial charge in [-0.25, -0.2) is 4.39 Å². The summed E-state index contributed by atoms with van der Waals surface area (Å²) in [7, 11) is 0. The Hall–Kier alpha value is -2.38. The Kier molecular flexibility index (Phi) is 5.30. The molecular formula is C17H17FN2O. The number of halogens is 1. The maximum atomic E-state index is 13.2. The standard InChI is InChI=1S/C17H17FN2O/c1-13(15-5-3-6-16(18)11-15)20-12-14-4-2-7-17(10-14)21-9-8-19/h2-7,10-11,13,20H,9,12H2,1H3/t13-/m0/s1. The van der Waals surface area contributed by atoms with Crippen LogP contribution in [0, 0.1) is 17.1 Å². The highest BCUT2D eigenvalue weighted by Crippen LogP contribution is 2.16. The molecule has 0 amide bonds. The molecule has 0 saturated heterocycles. The Morgan fingerprint density at radius 2 is 2.05 bits per heavy atom. The summed E-state index contributed by atoms with van der Waals surface area (Å²) >= 11 is 0. The first kappa shape index (κ1) is 15.0. The van der Waals surface area contributed by atoms with Gasteiger partial charge in [0, 0.05) is 12.6 Å². The van der Waals surface area contributed by atoms with E-state index in [2.05, 4.69) is 5.32 Å². The van der Waals surface area contributed by atoms with Gasteiger partial charge >= 0.3 is 0 Å². The van der Waals surface area contributed by atoms with E-state index in [-0.39, 0.29) is 18.5 Å². The van der Waals surface area contributed by atoms with E-state index in [4.69, 9.17) is 10.00 Å². The van der Waals surface area contributed by atoms with Gasteiger partial charge < -0.3 is 10.1 Å². The number of hydrogen-bond donors (Lipinski definition) is 1. The maximum Gasteiger partial charge on any atom is 0.174 e. The molecule has 0 spiro atoms. The fourth-order valence-corrected chi connectivity index (χ4v) is 2.03. The Bertz CT molecular complexity index is 637. The van der Waals surface area contributed by atoms with Crippen molar-refractivity contribution in [2.75, 3.05) is 6.61 Å². The number of nitrogens with one attached hydrogen (secondary N) is 1. The van der Waals surface area contributed by atoms with Crippen molar-refractivity contribution < 1.29 is 9.13 Å². The van der Waals surface area contributed by atoms with E-state index in [1.165, 1.54) is 12.1 Å². The van der Waals surface area contributed by atoms with Crippen molar-refractivity contribution in [1.29, 1.82) is 5.26 Å². The molecule has 1 N–H and O–H groups in total. The smallest absolute Gasteiger partial charge is 0.174 e. The number of ether oxygens (including phenoxy) is 1. The topological polar surface area (TPSA) is 45.0 Å². The lowest BCUT2D eigenvalue weighted by atomic mass is 10.1. The van der Waals surface area contributed by atoms with Gasteiger partial charge in [0.2, 0.25) is 0 Å². The van der Waals surface area contributed by atoms with Gasteiger partial charge in [-0.05, 0) is 42.3 Å². The van der Waals surface area contributed by atoms with Gasteiger partial charge in [0.15, 0.2) is 6.61 Å². The second kappa shape index (κ2) is 7.41. The van der Waals surface area contributed by atoms with Crippen LogP contribution in [0.1, 0.15) is 24.1 Å². The minimum Gasteiger partial charge on any atom is -0.479 e. The van der Waals surface area contributed by atoms with Gasteiger partial charge in [0.05, 0.1) is 0 Å². The number of nitriles is 1. The SMILES string of the molecule is C[C@H](NCc1cccc(OCC#N)c1)c1cccc(F)c1. The molecule has 108 valence electrons. The third-order valence-corrected chi connectivity index (χ3v) is 3.16. The van der Waals surface area contributed by atoms with Gasteiger partial charge in [-0.1, -0.05) is 24.3 Å². The highest BCUT2D eigenvalue weighted by atomic mass is 19.1. The molecule has 0 fully saturated rings. The van der Waals surface area contributed by atoms with Crippen molar-refractivity contribution in [3.63, 3.8) is 0 Å². The number of hydrogen-bond acceptors (Lipinski definition) is 3. The predicted octanol–water partition coefficient (Wildman–Crippen LogP) is 3.58. The van der Waals surface area contributed by atoms with E-state index >= 15 is 0 Å². The molecule has 0 aliphatic rings. The lowest BCUT2D eigenvalue weighted by molar-refractivity contribution is 0.367. The summed E-state index contributed by atoms with van der Waals surface area (Å²) in [4.78, 5) is 0. The fraction of sp³-hybridized carbons (Fsp3) is 0.235. The van der Waals surface area contributed by atoms with Crippen LogP contribution >= 0.6 is 0 Å². The Morgan fingerprint density at radius 1 is 1.24 bits per heavy atom. The Balaban J connectivity index is 1.95. The average Bonchev–Trinajstić information content (AvgIpc) is 2.51. The van der Waals surface area contributed by atoms with Gasteiger partial charge in [-0.2, -0.15) is 5.26 Å². The molecule has 1 atom stereocenters. The number of benzene rings is 2. The molecule has 2 aromatic carbocycles. The van der Waals surface area contributed by atoms with Crippen LogP contribution < -0.4 is 10.1 Å². The van der Waals surface area contributed by atoms with Crippen LogP contribution in [0.2, 0.25) is 0 Å². The number of rotatable bonds is 6. The summed E-state index contributed by atoms with van der Waals surface area (Å²) in [5, 5.41) is 11.8. The fourth-order valence-electron chi connectivity index (χ4n) is 2.03. The second-order valence-electron chi connectivity index (χ2n) is 4.75. The molecular weight excluding hydrogens is 267 g/mol. The molecule has 2 rings (SSSR count). The van der Waals surface area contributed by atoms with Gasteiger partial charge in [0.1, 0.15) is 17.6 Å². The summed E-state index contributed by atoms with van der Waals surface area (Å²) < 4.78 is 18.5. The van der Waals surface area contributed by atoms with Crippen LogP contribution in [0.5, 0.6) is 5.75 Å². The highest BCUT2D eigenvalue weighted by Gasteiger charge is 2.06. The Morgan fingerprint density at radius 3 is 2.81 bits per heavy atom. The predicted molar refractivity (Wildman–Crippen MR) is 79.2 cm³/mol. The lowest BCUT2D eigenvalue weighted by Gasteiger charge is -2.15. The molecule has 4 heteroatoms. The van der Waals surface area contributed by atoms with Crippen molar-refractivity contribution in [2.45, 2.75) is 19.5 Å². The van der Waals surface area contributed by atoms with Crippen LogP contribution in [0.4, 0.5) is 4.39 Å². The van der Waals surface area contributed by atoms with Crippen molar-refractivity contribution in [3.05, 3.63) is 65.5 Å². The molecule has 3 nitrogen and oxygen atoms in total. The molecule has 2 aromatic rings. The number of nitrogens with zero attached hydrogens (tertiary/aromatic N) is 1. The largest absolute Gasteiger partial charge is 0.479 e. The molecule has 0 saturated carbocycles. The van der Waals surface area contributed by atoms with Crippen LogP contribution in [0.15, 0.2) is 48.5 Å². The first-order chi connectivity index (χ1) is 10.2. The second-order valence-corrected chi connectivity index (χ2v) is 4.75. The zero-order valence-electron chi connectivity index (χ0n) is 11.8. The van der Waals surface area contributed by atoms with E-state index in [0.717, 1.165) is 11.1 Å². The Labute approximate surface area is 124 Å². The van der Waals surface area contributed by atoms with Crippen LogP contribution in [-0.2, 0) is 6.54 Å². The summed E-state index contributed by atoms with van der Waals surface area (Å²) in [6, 6.07) is 16.1. The summed E-state index contributed by atoms with van der Waals surface area (Å²) in [6.07, 6.45) is 0. The van der Waals surface area contributed by atoms with Crippen LogP contribution in [0.3, 0.4) is 0 Å². The monoisotopic (exact) mass is 284 g/mol. The van der Waals surface area contributed by atoms with E-state index in [0.29, 0.717) is 12.3 Å². The van der Waals surface area contributed by atoms with Gasteiger partial charge in [-0.3, -0.25) is 0 Å². The van der Waals surface area contributed by atoms with E-state index < -0.39 is 0 Å².